The maximum atomic E-state index is 12.3. The Morgan fingerprint density at radius 2 is 1.83 bits per heavy atom. The lowest BCUT2D eigenvalue weighted by atomic mass is 10.3. The minimum atomic E-state index is -0.777. The third-order valence-corrected chi connectivity index (χ3v) is 4.23. The fourth-order valence-electron chi connectivity index (χ4n) is 2.08. The van der Waals surface area contributed by atoms with E-state index in [9.17, 15) is 9.59 Å². The molecule has 0 spiro atoms. The molecule has 5 nitrogen and oxygen atoms in total. The monoisotopic (exact) mass is 360 g/mol. The topological polar surface area (TPSA) is 49.9 Å². The number of carbonyl (C=O) groups is 2. The molecule has 1 atom stereocenters. The highest BCUT2D eigenvalue weighted by Gasteiger charge is 2.23. The van der Waals surface area contributed by atoms with Crippen molar-refractivity contribution in [1.82, 2.24) is 9.80 Å². The van der Waals surface area contributed by atoms with Crippen molar-refractivity contribution < 1.29 is 14.3 Å². The second-order valence-corrected chi connectivity index (χ2v) is 5.86. The van der Waals surface area contributed by atoms with Crippen molar-refractivity contribution in [1.29, 1.82) is 0 Å². The molecule has 0 saturated carbocycles. The number of ether oxygens (including phenoxy) is 1. The van der Waals surface area contributed by atoms with Gasteiger partial charge in [0.05, 0.1) is 11.6 Å². The first-order chi connectivity index (χ1) is 10.8. The summed E-state index contributed by atoms with van der Waals surface area (Å²) >= 11 is 12.0. The van der Waals surface area contributed by atoms with Gasteiger partial charge >= 0.3 is 0 Å². The van der Waals surface area contributed by atoms with Gasteiger partial charge in [-0.1, -0.05) is 29.3 Å². The maximum absolute atomic E-state index is 12.3. The lowest BCUT2D eigenvalue weighted by Crippen LogP contribution is -2.45. The van der Waals surface area contributed by atoms with Crippen molar-refractivity contribution in [3.8, 4) is 5.75 Å². The predicted octanol–water partition coefficient (Wildman–Crippen LogP) is 3.09. The normalized spacial score (nSPS) is 11.7. The van der Waals surface area contributed by atoms with E-state index in [4.69, 9.17) is 27.9 Å². The third-order valence-electron chi connectivity index (χ3n) is 3.43. The van der Waals surface area contributed by atoms with Crippen LogP contribution >= 0.6 is 23.2 Å². The summed E-state index contributed by atoms with van der Waals surface area (Å²) in [6.07, 6.45) is -0.777. The van der Waals surface area contributed by atoms with Crippen LogP contribution in [0, 0.1) is 0 Å². The van der Waals surface area contributed by atoms with E-state index in [-0.39, 0.29) is 23.4 Å². The number of benzene rings is 1. The highest BCUT2D eigenvalue weighted by molar-refractivity contribution is 6.42. The molecule has 0 aliphatic heterocycles. The van der Waals surface area contributed by atoms with Gasteiger partial charge in [0.25, 0.3) is 5.91 Å². The molecular weight excluding hydrogens is 339 g/mol. The summed E-state index contributed by atoms with van der Waals surface area (Å²) in [4.78, 5) is 27.4. The van der Waals surface area contributed by atoms with Gasteiger partial charge in [-0.15, -0.1) is 0 Å². The van der Waals surface area contributed by atoms with Crippen LogP contribution in [0.4, 0.5) is 0 Å². The minimum absolute atomic E-state index is 0.0114. The van der Waals surface area contributed by atoms with E-state index >= 15 is 0 Å². The number of likely N-dealkylation sites (N-methyl/N-ethyl adjacent to an activating group) is 2. The Bertz CT molecular complexity index is 562. The number of hydrogen-bond donors (Lipinski definition) is 0. The van der Waals surface area contributed by atoms with Crippen LogP contribution in [0.2, 0.25) is 10.0 Å². The van der Waals surface area contributed by atoms with Crippen LogP contribution in [0.1, 0.15) is 20.8 Å². The van der Waals surface area contributed by atoms with Gasteiger partial charge in [0.1, 0.15) is 10.8 Å². The Morgan fingerprint density at radius 1 is 1.22 bits per heavy atom. The van der Waals surface area contributed by atoms with E-state index in [1.54, 1.807) is 37.1 Å². The van der Waals surface area contributed by atoms with E-state index in [1.165, 1.54) is 4.90 Å². The average molecular weight is 361 g/mol. The lowest BCUT2D eigenvalue weighted by molar-refractivity contribution is -0.143. The quantitative estimate of drug-likeness (QED) is 0.750. The van der Waals surface area contributed by atoms with Gasteiger partial charge in [0.2, 0.25) is 5.91 Å². The van der Waals surface area contributed by atoms with Crippen LogP contribution in [-0.2, 0) is 9.59 Å². The molecule has 1 unspecified atom stereocenters. The molecule has 0 aliphatic rings. The largest absolute Gasteiger partial charge is 0.479 e. The summed E-state index contributed by atoms with van der Waals surface area (Å²) < 4.78 is 5.57. The van der Waals surface area contributed by atoms with Gasteiger partial charge in [-0.05, 0) is 32.9 Å². The second-order valence-electron chi connectivity index (χ2n) is 5.07. The van der Waals surface area contributed by atoms with E-state index < -0.39 is 6.10 Å². The van der Waals surface area contributed by atoms with Gasteiger partial charge in [-0.25, -0.2) is 0 Å². The molecule has 1 aromatic rings. The fourth-order valence-corrected chi connectivity index (χ4v) is 2.42. The first-order valence-corrected chi connectivity index (χ1v) is 8.20. The highest BCUT2D eigenvalue weighted by atomic mass is 35.5. The molecule has 2 amide bonds. The molecule has 7 heteroatoms. The Kier molecular flexibility index (Phi) is 7.65. The van der Waals surface area contributed by atoms with Crippen molar-refractivity contribution in [2.24, 2.45) is 0 Å². The standard InChI is InChI=1S/C16H22Cl2N2O3/c1-5-20(6-2)14(21)10-19(4)16(22)11(3)23-13-9-7-8-12(17)15(13)18/h7-9,11H,5-6,10H2,1-4H3. The van der Waals surface area contributed by atoms with Crippen molar-refractivity contribution >= 4 is 35.0 Å². The zero-order valence-corrected chi connectivity index (χ0v) is 15.3. The molecule has 0 bridgehead atoms. The number of rotatable bonds is 7. The van der Waals surface area contributed by atoms with Gasteiger partial charge in [0.15, 0.2) is 6.10 Å². The number of halogens is 2. The molecule has 0 N–H and O–H groups in total. The second kappa shape index (κ2) is 8.99. The Balaban J connectivity index is 2.69. The molecule has 1 rings (SSSR count). The van der Waals surface area contributed by atoms with Crippen LogP contribution < -0.4 is 4.74 Å². The molecule has 0 radical (unpaired) electrons. The summed E-state index contributed by atoms with van der Waals surface area (Å²) in [5, 5.41) is 0.615. The maximum Gasteiger partial charge on any atom is 0.263 e. The molecule has 0 fully saturated rings. The zero-order chi connectivity index (χ0) is 17.6. The van der Waals surface area contributed by atoms with Crippen molar-refractivity contribution in [2.75, 3.05) is 26.7 Å². The number of hydrogen-bond acceptors (Lipinski definition) is 3. The lowest BCUT2D eigenvalue weighted by Gasteiger charge is -2.25. The molecule has 0 heterocycles. The van der Waals surface area contributed by atoms with Crippen molar-refractivity contribution in [2.45, 2.75) is 26.9 Å². The molecule has 0 aliphatic carbocycles. The highest BCUT2D eigenvalue weighted by Crippen LogP contribution is 2.32. The molecule has 1 aromatic carbocycles. The van der Waals surface area contributed by atoms with Crippen molar-refractivity contribution in [3.63, 3.8) is 0 Å². The van der Waals surface area contributed by atoms with E-state index in [1.807, 2.05) is 13.8 Å². The average Bonchev–Trinajstić information content (AvgIpc) is 2.52. The molecule has 128 valence electrons. The van der Waals surface area contributed by atoms with Crippen molar-refractivity contribution in [3.05, 3.63) is 28.2 Å². The number of nitrogens with zero attached hydrogens (tertiary/aromatic N) is 2. The smallest absolute Gasteiger partial charge is 0.263 e. The summed E-state index contributed by atoms with van der Waals surface area (Å²) in [6, 6.07) is 4.96. The number of carbonyl (C=O) groups excluding carboxylic acids is 2. The van der Waals surface area contributed by atoms with E-state index in [0.717, 1.165) is 0 Å². The van der Waals surface area contributed by atoms with Gasteiger partial charge in [0, 0.05) is 20.1 Å². The van der Waals surface area contributed by atoms with Gasteiger partial charge in [-0.2, -0.15) is 0 Å². The fraction of sp³-hybridized carbons (Fsp3) is 0.500. The Hall–Kier alpha value is -1.46. The van der Waals surface area contributed by atoms with Crippen LogP contribution in [0.15, 0.2) is 18.2 Å². The zero-order valence-electron chi connectivity index (χ0n) is 13.8. The molecule has 0 saturated heterocycles. The Labute approximate surface area is 147 Å². The first kappa shape index (κ1) is 19.6. The van der Waals surface area contributed by atoms with Gasteiger partial charge < -0.3 is 14.5 Å². The number of amides is 2. The SMILES string of the molecule is CCN(CC)C(=O)CN(C)C(=O)C(C)Oc1cccc(Cl)c1Cl. The van der Waals surface area contributed by atoms with Crippen LogP contribution in [0.5, 0.6) is 5.75 Å². The van der Waals surface area contributed by atoms with E-state index in [2.05, 4.69) is 0 Å². The summed E-state index contributed by atoms with van der Waals surface area (Å²) in [6.45, 7) is 6.64. The molecular formula is C16H22Cl2N2O3. The Morgan fingerprint density at radius 3 is 2.39 bits per heavy atom. The summed E-state index contributed by atoms with van der Waals surface area (Å²) in [5.74, 6) is -0.0659. The first-order valence-electron chi connectivity index (χ1n) is 7.45. The predicted molar refractivity (Wildman–Crippen MR) is 92.1 cm³/mol. The summed E-state index contributed by atoms with van der Waals surface area (Å²) in [7, 11) is 1.57. The van der Waals surface area contributed by atoms with Crippen LogP contribution in [-0.4, -0.2) is 54.4 Å². The van der Waals surface area contributed by atoms with Gasteiger partial charge in [-0.3, -0.25) is 9.59 Å². The van der Waals surface area contributed by atoms with Crippen LogP contribution in [0.3, 0.4) is 0 Å². The minimum Gasteiger partial charge on any atom is -0.479 e. The third kappa shape index (κ3) is 5.29. The van der Waals surface area contributed by atoms with Crippen LogP contribution in [0.25, 0.3) is 0 Å². The van der Waals surface area contributed by atoms with E-state index in [0.29, 0.717) is 23.9 Å². The molecule has 23 heavy (non-hydrogen) atoms. The molecule has 0 aromatic heterocycles. The summed E-state index contributed by atoms with van der Waals surface area (Å²) in [5.41, 5.74) is 0.